The van der Waals surface area contributed by atoms with Gasteiger partial charge >= 0.3 is 5.97 Å². The third kappa shape index (κ3) is 3.72. The zero-order valence-corrected chi connectivity index (χ0v) is 16.0. The molecule has 1 N–H and O–H groups in total. The van der Waals surface area contributed by atoms with Gasteiger partial charge in [-0.1, -0.05) is 45.0 Å². The molecule has 0 saturated heterocycles. The molecular weight excluding hydrogens is 322 g/mol. The molecule has 0 radical (unpaired) electrons. The zero-order chi connectivity index (χ0) is 18.9. The lowest BCUT2D eigenvalue weighted by atomic mass is 9.86. The van der Waals surface area contributed by atoms with Crippen LogP contribution in [0.1, 0.15) is 38.8 Å². The van der Waals surface area contributed by atoms with Crippen molar-refractivity contribution in [2.24, 2.45) is 0 Å². The Balaban J connectivity index is 2.00. The lowest BCUT2D eigenvalue weighted by Crippen LogP contribution is -2.10. The van der Waals surface area contributed by atoms with Gasteiger partial charge in [0.25, 0.3) is 0 Å². The van der Waals surface area contributed by atoms with Gasteiger partial charge in [-0.15, -0.1) is 0 Å². The van der Waals surface area contributed by atoms with Gasteiger partial charge < -0.3 is 9.72 Å². The second-order valence-electron chi connectivity index (χ2n) is 7.67. The summed E-state index contributed by atoms with van der Waals surface area (Å²) in [7, 11) is 1.39. The number of esters is 1. The van der Waals surface area contributed by atoms with Crippen molar-refractivity contribution in [2.45, 2.75) is 33.1 Å². The number of nitrogens with one attached hydrogen (secondary N) is 1. The number of benzene rings is 2. The maximum absolute atomic E-state index is 11.5. The number of fused-ring (bicyclic) bond motifs is 1. The molecule has 0 saturated carbocycles. The molecule has 3 aromatic rings. The van der Waals surface area contributed by atoms with Gasteiger partial charge in [-0.25, -0.2) is 4.79 Å². The number of ether oxygens (including phenoxy) is 1. The van der Waals surface area contributed by atoms with E-state index in [-0.39, 0.29) is 11.4 Å². The molecule has 0 unspecified atom stereocenters. The third-order valence-electron chi connectivity index (χ3n) is 4.65. The molecule has 0 bridgehead atoms. The highest BCUT2D eigenvalue weighted by molar-refractivity contribution is 5.93. The highest BCUT2D eigenvalue weighted by Gasteiger charge is 2.14. The van der Waals surface area contributed by atoms with E-state index in [1.807, 2.05) is 13.0 Å². The number of allylic oxidation sites excluding steroid dienone is 1. The van der Waals surface area contributed by atoms with E-state index in [1.165, 1.54) is 24.3 Å². The second-order valence-corrected chi connectivity index (χ2v) is 7.67. The standard InChI is InChI=1S/C23H25NO2/c1-15(11-22(25)26-5)16-9-10-20-18(12-16)14-21(24-20)17-7-6-8-19(13-17)23(2,3)4/h6-14,24H,1-5H3/b15-11+. The summed E-state index contributed by atoms with van der Waals surface area (Å²) in [4.78, 5) is 15.0. The normalized spacial score (nSPS) is 12.4. The number of aromatic nitrogens is 1. The monoisotopic (exact) mass is 347 g/mol. The van der Waals surface area contributed by atoms with Crippen molar-refractivity contribution in [1.82, 2.24) is 4.98 Å². The zero-order valence-electron chi connectivity index (χ0n) is 16.0. The summed E-state index contributed by atoms with van der Waals surface area (Å²) in [6, 6.07) is 17.0. The maximum atomic E-state index is 11.5. The van der Waals surface area contributed by atoms with Crippen LogP contribution in [0.3, 0.4) is 0 Å². The van der Waals surface area contributed by atoms with E-state index in [0.717, 1.165) is 27.7 Å². The number of aromatic amines is 1. The van der Waals surface area contributed by atoms with E-state index < -0.39 is 0 Å². The van der Waals surface area contributed by atoms with E-state index in [0.29, 0.717) is 0 Å². The lowest BCUT2D eigenvalue weighted by molar-refractivity contribution is -0.134. The molecule has 0 spiro atoms. The predicted molar refractivity (Wildman–Crippen MR) is 108 cm³/mol. The SMILES string of the molecule is COC(=O)/C=C(\C)c1ccc2[nH]c(-c3cccc(C(C)(C)C)c3)cc2c1. The Morgan fingerprint density at radius 3 is 2.54 bits per heavy atom. The van der Waals surface area contributed by atoms with Gasteiger partial charge in [0.1, 0.15) is 0 Å². The molecule has 134 valence electrons. The van der Waals surface area contributed by atoms with Gasteiger partial charge in [0, 0.05) is 22.7 Å². The largest absolute Gasteiger partial charge is 0.466 e. The number of carbonyl (C=O) groups is 1. The fraction of sp³-hybridized carbons (Fsp3) is 0.261. The summed E-state index contributed by atoms with van der Waals surface area (Å²) in [5.41, 5.74) is 6.68. The first kappa shape index (κ1) is 18.0. The molecule has 0 aliphatic heterocycles. The van der Waals surface area contributed by atoms with E-state index in [2.05, 4.69) is 68.2 Å². The Labute approximate surface area is 154 Å². The molecule has 1 heterocycles. The molecule has 26 heavy (non-hydrogen) atoms. The summed E-state index contributed by atoms with van der Waals surface area (Å²) in [6.45, 7) is 8.58. The Hall–Kier alpha value is -2.81. The van der Waals surface area contributed by atoms with Crippen LogP contribution < -0.4 is 0 Å². The van der Waals surface area contributed by atoms with Crippen LogP contribution in [0.4, 0.5) is 0 Å². The fourth-order valence-electron chi connectivity index (χ4n) is 3.01. The molecule has 0 aliphatic rings. The summed E-state index contributed by atoms with van der Waals surface area (Å²) < 4.78 is 4.71. The number of H-pyrrole nitrogens is 1. The molecule has 3 rings (SSSR count). The smallest absolute Gasteiger partial charge is 0.330 e. The van der Waals surface area contributed by atoms with Crippen LogP contribution in [0.15, 0.2) is 54.6 Å². The van der Waals surface area contributed by atoms with Crippen LogP contribution in [-0.2, 0) is 14.9 Å². The molecule has 0 aliphatic carbocycles. The number of rotatable bonds is 3. The average molecular weight is 347 g/mol. The van der Waals surface area contributed by atoms with E-state index >= 15 is 0 Å². The summed E-state index contributed by atoms with van der Waals surface area (Å²) >= 11 is 0. The third-order valence-corrected chi connectivity index (χ3v) is 4.65. The van der Waals surface area contributed by atoms with E-state index in [9.17, 15) is 4.79 Å². The van der Waals surface area contributed by atoms with Crippen molar-refractivity contribution in [1.29, 1.82) is 0 Å². The first-order valence-corrected chi connectivity index (χ1v) is 8.78. The van der Waals surface area contributed by atoms with Gasteiger partial charge in [-0.05, 0) is 58.9 Å². The topological polar surface area (TPSA) is 42.1 Å². The number of carbonyl (C=O) groups excluding carboxylic acids is 1. The minimum Gasteiger partial charge on any atom is -0.466 e. The van der Waals surface area contributed by atoms with Crippen molar-refractivity contribution < 1.29 is 9.53 Å². The Morgan fingerprint density at radius 1 is 1.08 bits per heavy atom. The predicted octanol–water partition coefficient (Wildman–Crippen LogP) is 5.71. The van der Waals surface area contributed by atoms with Gasteiger partial charge in [0.2, 0.25) is 0 Å². The molecule has 0 amide bonds. The maximum Gasteiger partial charge on any atom is 0.330 e. The van der Waals surface area contributed by atoms with Crippen LogP contribution >= 0.6 is 0 Å². The van der Waals surface area contributed by atoms with E-state index in [1.54, 1.807) is 0 Å². The minimum atomic E-state index is -0.337. The van der Waals surface area contributed by atoms with Crippen LogP contribution in [-0.4, -0.2) is 18.1 Å². The molecule has 1 aromatic heterocycles. The van der Waals surface area contributed by atoms with Crippen molar-refractivity contribution in [3.8, 4) is 11.3 Å². The highest BCUT2D eigenvalue weighted by Crippen LogP contribution is 2.30. The number of methoxy groups -OCH3 is 1. The molecule has 3 nitrogen and oxygen atoms in total. The van der Waals surface area contributed by atoms with Crippen LogP contribution in [0.5, 0.6) is 0 Å². The van der Waals surface area contributed by atoms with Crippen molar-refractivity contribution in [2.75, 3.05) is 7.11 Å². The Bertz CT molecular complexity index is 987. The van der Waals surface area contributed by atoms with Crippen LogP contribution in [0.25, 0.3) is 27.7 Å². The molecule has 0 atom stereocenters. The minimum absolute atomic E-state index is 0.116. The van der Waals surface area contributed by atoms with Crippen LogP contribution in [0.2, 0.25) is 0 Å². The highest BCUT2D eigenvalue weighted by atomic mass is 16.5. The second kappa shape index (κ2) is 6.83. The van der Waals surface area contributed by atoms with Crippen LogP contribution in [0, 0.1) is 0 Å². The number of hydrogen-bond donors (Lipinski definition) is 1. The Kier molecular flexibility index (Phi) is 4.73. The Morgan fingerprint density at radius 2 is 1.85 bits per heavy atom. The quantitative estimate of drug-likeness (QED) is 0.487. The van der Waals surface area contributed by atoms with Gasteiger partial charge in [-0.2, -0.15) is 0 Å². The van der Waals surface area contributed by atoms with Gasteiger partial charge in [0.05, 0.1) is 7.11 Å². The lowest BCUT2D eigenvalue weighted by Gasteiger charge is -2.19. The molecular formula is C23H25NO2. The first-order valence-electron chi connectivity index (χ1n) is 8.78. The van der Waals surface area contributed by atoms with Gasteiger partial charge in [0.15, 0.2) is 0 Å². The van der Waals surface area contributed by atoms with E-state index in [4.69, 9.17) is 4.74 Å². The van der Waals surface area contributed by atoms with Crippen molar-refractivity contribution >= 4 is 22.4 Å². The molecule has 2 aromatic carbocycles. The summed E-state index contributed by atoms with van der Waals surface area (Å²) in [5, 5.41) is 1.12. The van der Waals surface area contributed by atoms with Gasteiger partial charge in [-0.3, -0.25) is 0 Å². The summed E-state index contributed by atoms with van der Waals surface area (Å²) in [6.07, 6.45) is 1.52. The fourth-order valence-corrected chi connectivity index (χ4v) is 3.01. The molecule has 0 fully saturated rings. The average Bonchev–Trinajstić information content (AvgIpc) is 3.04. The summed E-state index contributed by atoms with van der Waals surface area (Å²) in [5.74, 6) is -0.337. The first-order chi connectivity index (χ1) is 12.3. The molecule has 3 heteroatoms. The van der Waals surface area contributed by atoms with Crippen molar-refractivity contribution in [3.05, 3.63) is 65.7 Å². The number of hydrogen-bond acceptors (Lipinski definition) is 2. The van der Waals surface area contributed by atoms with Crippen molar-refractivity contribution in [3.63, 3.8) is 0 Å².